The summed E-state index contributed by atoms with van der Waals surface area (Å²) in [5, 5.41) is 1.19. The fraction of sp³-hybridized carbons (Fsp3) is 0.800. The lowest BCUT2D eigenvalue weighted by Gasteiger charge is -2.34. The maximum atomic E-state index is 5.90. The van der Waals surface area contributed by atoms with Crippen LogP contribution in [0.25, 0.3) is 0 Å². The first kappa shape index (κ1) is 14.3. The average Bonchev–Trinajstić information content (AvgIpc) is 3.25. The Hall–Kier alpha value is -0.650. The number of piperazine rings is 1. The van der Waals surface area contributed by atoms with E-state index in [4.69, 9.17) is 10.7 Å². The third-order valence-electron chi connectivity index (χ3n) is 4.63. The van der Waals surface area contributed by atoms with Gasteiger partial charge in [0, 0.05) is 43.6 Å². The Labute approximate surface area is 126 Å². The molecule has 1 saturated heterocycles. The van der Waals surface area contributed by atoms with Crippen molar-refractivity contribution >= 4 is 16.5 Å². The molecule has 2 aliphatic rings. The van der Waals surface area contributed by atoms with Crippen LogP contribution in [0, 0.1) is 0 Å². The molecule has 20 heavy (non-hydrogen) atoms. The van der Waals surface area contributed by atoms with E-state index in [0.29, 0.717) is 12.5 Å². The topological polar surface area (TPSA) is 45.4 Å². The Kier molecular flexibility index (Phi) is 4.29. The second-order valence-electron chi connectivity index (χ2n) is 6.07. The minimum atomic E-state index is 0.520. The van der Waals surface area contributed by atoms with E-state index in [0.717, 1.165) is 25.6 Å². The van der Waals surface area contributed by atoms with Crippen molar-refractivity contribution in [3.8, 4) is 0 Å². The molecule has 0 bridgehead atoms. The fourth-order valence-corrected chi connectivity index (χ4v) is 4.04. The zero-order valence-electron chi connectivity index (χ0n) is 12.6. The zero-order valence-corrected chi connectivity index (χ0v) is 13.5. The normalized spacial score (nSPS) is 22.2. The predicted octanol–water partition coefficient (Wildman–Crippen LogP) is 2.40. The number of hydrogen-bond donors (Lipinski definition) is 1. The van der Waals surface area contributed by atoms with Crippen LogP contribution in [0.5, 0.6) is 0 Å². The molecular weight excluding hydrogens is 268 g/mol. The average molecular weight is 294 g/mol. The maximum absolute atomic E-state index is 5.90. The Morgan fingerprint density at radius 1 is 1.30 bits per heavy atom. The summed E-state index contributed by atoms with van der Waals surface area (Å²) in [5.41, 5.74) is 7.14. The van der Waals surface area contributed by atoms with Gasteiger partial charge >= 0.3 is 0 Å². The van der Waals surface area contributed by atoms with Gasteiger partial charge in [0.2, 0.25) is 0 Å². The van der Waals surface area contributed by atoms with Gasteiger partial charge in [-0.3, -0.25) is 4.90 Å². The highest BCUT2D eigenvalue weighted by Gasteiger charge is 2.32. The largest absolute Gasteiger partial charge is 0.346 e. The lowest BCUT2D eigenvalue weighted by Crippen LogP contribution is -2.47. The lowest BCUT2D eigenvalue weighted by molar-refractivity contribution is 0.248. The number of hydrogen-bond acceptors (Lipinski definition) is 5. The highest BCUT2D eigenvalue weighted by molar-refractivity contribution is 7.15. The first-order chi connectivity index (χ1) is 9.72. The van der Waals surface area contributed by atoms with Gasteiger partial charge in [0.15, 0.2) is 5.13 Å². The minimum Gasteiger partial charge on any atom is -0.346 e. The number of anilines is 1. The summed E-state index contributed by atoms with van der Waals surface area (Å²) in [6, 6.07) is 0.892. The van der Waals surface area contributed by atoms with E-state index in [-0.39, 0.29) is 0 Å². The van der Waals surface area contributed by atoms with Gasteiger partial charge in [-0.25, -0.2) is 4.98 Å². The minimum absolute atomic E-state index is 0.520. The highest BCUT2D eigenvalue weighted by Crippen LogP contribution is 2.33. The summed E-state index contributed by atoms with van der Waals surface area (Å²) >= 11 is 1.81. The Balaban J connectivity index is 1.69. The molecule has 112 valence electrons. The smallest absolute Gasteiger partial charge is 0.185 e. The predicted molar refractivity (Wildman–Crippen MR) is 85.5 cm³/mol. The summed E-state index contributed by atoms with van der Waals surface area (Å²) in [6.07, 6.45) is 3.95. The van der Waals surface area contributed by atoms with Crippen molar-refractivity contribution in [1.82, 2.24) is 9.88 Å². The van der Waals surface area contributed by atoms with E-state index in [1.165, 1.54) is 41.6 Å². The van der Waals surface area contributed by atoms with Crippen LogP contribution in [0.3, 0.4) is 0 Å². The fourth-order valence-electron chi connectivity index (χ4n) is 2.93. The van der Waals surface area contributed by atoms with Gasteiger partial charge in [-0.2, -0.15) is 0 Å². The van der Waals surface area contributed by atoms with Crippen LogP contribution in [0.1, 0.15) is 49.6 Å². The summed E-state index contributed by atoms with van der Waals surface area (Å²) in [5.74, 6) is 0.520. The van der Waals surface area contributed by atoms with Gasteiger partial charge in [-0.05, 0) is 25.2 Å². The number of rotatable bonds is 5. The highest BCUT2D eigenvalue weighted by atomic mass is 32.1. The first-order valence-electron chi connectivity index (χ1n) is 7.91. The molecule has 1 aromatic rings. The van der Waals surface area contributed by atoms with Crippen molar-refractivity contribution in [3.05, 3.63) is 10.6 Å². The molecule has 3 rings (SSSR count). The number of aromatic nitrogens is 1. The molecule has 1 aliphatic heterocycles. The van der Waals surface area contributed by atoms with Gasteiger partial charge in [-0.1, -0.05) is 13.8 Å². The van der Waals surface area contributed by atoms with E-state index in [9.17, 15) is 0 Å². The monoisotopic (exact) mass is 294 g/mol. The maximum Gasteiger partial charge on any atom is 0.185 e. The molecule has 1 aliphatic carbocycles. The van der Waals surface area contributed by atoms with Crippen molar-refractivity contribution in [1.29, 1.82) is 0 Å². The van der Waals surface area contributed by atoms with Crippen LogP contribution < -0.4 is 10.6 Å². The van der Waals surface area contributed by atoms with Gasteiger partial charge in [-0.15, -0.1) is 11.3 Å². The molecule has 2 N–H and O–H groups in total. The lowest BCUT2D eigenvalue weighted by atomic mass is 10.0. The quantitative estimate of drug-likeness (QED) is 0.906. The van der Waals surface area contributed by atoms with E-state index in [1.807, 2.05) is 0 Å². The molecule has 1 saturated carbocycles. The van der Waals surface area contributed by atoms with Crippen molar-refractivity contribution in [3.63, 3.8) is 0 Å². The molecule has 0 radical (unpaired) electrons. The van der Waals surface area contributed by atoms with E-state index < -0.39 is 0 Å². The van der Waals surface area contributed by atoms with Gasteiger partial charge < -0.3 is 10.6 Å². The third-order valence-corrected chi connectivity index (χ3v) is 5.78. The second kappa shape index (κ2) is 6.00. The van der Waals surface area contributed by atoms with Crippen molar-refractivity contribution in [2.24, 2.45) is 5.73 Å². The molecule has 1 atom stereocenters. The van der Waals surface area contributed by atoms with Crippen molar-refractivity contribution < 1.29 is 0 Å². The molecular formula is C15H26N4S. The molecule has 0 aromatic carbocycles. The van der Waals surface area contributed by atoms with E-state index in [1.54, 1.807) is 11.3 Å². The van der Waals surface area contributed by atoms with Gasteiger partial charge in [0.1, 0.15) is 0 Å². The van der Waals surface area contributed by atoms with Crippen LogP contribution in [-0.4, -0.2) is 42.1 Å². The number of nitrogens with zero attached hydrogens (tertiary/aromatic N) is 3. The third kappa shape index (κ3) is 2.85. The van der Waals surface area contributed by atoms with Crippen molar-refractivity contribution in [2.75, 3.05) is 31.1 Å². The zero-order chi connectivity index (χ0) is 14.1. The van der Waals surface area contributed by atoms with E-state index >= 15 is 0 Å². The molecule has 0 amide bonds. The molecule has 4 nitrogen and oxygen atoms in total. The van der Waals surface area contributed by atoms with Gasteiger partial charge in [0.25, 0.3) is 0 Å². The van der Waals surface area contributed by atoms with Crippen LogP contribution in [0.15, 0.2) is 0 Å². The Morgan fingerprint density at radius 3 is 2.55 bits per heavy atom. The summed E-state index contributed by atoms with van der Waals surface area (Å²) < 4.78 is 0. The Bertz CT molecular complexity index is 447. The van der Waals surface area contributed by atoms with E-state index in [2.05, 4.69) is 23.6 Å². The second-order valence-corrected chi connectivity index (χ2v) is 7.13. The molecule has 0 spiro atoms. The summed E-state index contributed by atoms with van der Waals surface area (Å²) in [7, 11) is 0. The van der Waals surface area contributed by atoms with Crippen LogP contribution in [-0.2, 0) is 6.54 Å². The SMILES string of the molecule is CCC(C)c1nc(N2CCN(C3CC3)CC2)sc1CN. The van der Waals surface area contributed by atoms with Gasteiger partial charge in [0.05, 0.1) is 5.69 Å². The molecule has 1 unspecified atom stereocenters. The molecule has 5 heteroatoms. The first-order valence-corrected chi connectivity index (χ1v) is 8.73. The van der Waals surface area contributed by atoms with Crippen LogP contribution >= 0.6 is 11.3 Å². The van der Waals surface area contributed by atoms with Crippen LogP contribution in [0.2, 0.25) is 0 Å². The summed E-state index contributed by atoms with van der Waals surface area (Å²) in [4.78, 5) is 11.3. The van der Waals surface area contributed by atoms with Crippen molar-refractivity contribution in [2.45, 2.75) is 51.6 Å². The Morgan fingerprint density at radius 2 is 2.00 bits per heavy atom. The summed E-state index contributed by atoms with van der Waals surface area (Å²) in [6.45, 7) is 9.73. The standard InChI is InChI=1S/C15H26N4S/c1-3-11(2)14-13(10-16)20-15(17-14)19-8-6-18(7-9-19)12-4-5-12/h11-12H,3-10,16H2,1-2H3. The molecule has 2 heterocycles. The number of nitrogens with two attached hydrogens (primary N) is 1. The molecule has 1 aromatic heterocycles. The molecule has 2 fully saturated rings. The number of thiazole rings is 1. The van der Waals surface area contributed by atoms with Crippen LogP contribution in [0.4, 0.5) is 5.13 Å².